The fourth-order valence-electron chi connectivity index (χ4n) is 3.45. The largest absolute Gasteiger partial charge is 0.481 e. The van der Waals surface area contributed by atoms with E-state index in [9.17, 15) is 14.4 Å². The smallest absolute Gasteiger partial charge is 0.326 e. The number of amides is 1. The normalized spacial score (nSPS) is 11.5. The molecule has 0 heterocycles. The van der Waals surface area contributed by atoms with Crippen LogP contribution in [0.25, 0.3) is 0 Å². The minimum Gasteiger partial charge on any atom is -0.481 e. The minimum absolute atomic E-state index is 0. The molecule has 0 aromatic heterocycles. The Labute approximate surface area is 231 Å². The first kappa shape index (κ1) is 39.0. The zero-order valence-corrected chi connectivity index (χ0v) is 24.0. The van der Waals surface area contributed by atoms with Gasteiger partial charge in [-0.25, -0.2) is 4.79 Å². The Morgan fingerprint density at radius 3 is 1.40 bits per heavy atom. The second-order valence-corrected chi connectivity index (χ2v) is 10.7. The van der Waals surface area contributed by atoms with Crippen molar-refractivity contribution in [3.63, 3.8) is 0 Å². The quantitative estimate of drug-likeness (QED) is 0.0826. The number of rotatable bonds is 21. The van der Waals surface area contributed by atoms with Gasteiger partial charge >= 0.3 is 11.9 Å². The number of carbonyl (C=O) groups excluding carboxylic acids is 1. The van der Waals surface area contributed by atoms with E-state index in [1.807, 2.05) is 0 Å². The molecule has 12 heteroatoms. The van der Waals surface area contributed by atoms with Gasteiger partial charge in [0.1, 0.15) is 6.04 Å². The summed E-state index contributed by atoms with van der Waals surface area (Å²) in [7, 11) is -3.83. The molecular weight excluding hydrogens is 590 g/mol. The predicted octanol–water partition coefficient (Wildman–Crippen LogP) is 5.36. The number of hydrogen-bond donors (Lipinski definition) is 5. The van der Waals surface area contributed by atoms with Gasteiger partial charge < -0.3 is 15.5 Å². The van der Waals surface area contributed by atoms with Crippen molar-refractivity contribution >= 4 is 38.1 Å². The monoisotopic (exact) mass is 634 g/mol. The van der Waals surface area contributed by atoms with Crippen LogP contribution in [0, 0.1) is 0 Å². The van der Waals surface area contributed by atoms with E-state index in [1.165, 1.54) is 77.0 Å². The van der Waals surface area contributed by atoms with E-state index >= 15 is 0 Å². The molecular formula is C23H45AgNO8S2. The third-order valence-electron chi connectivity index (χ3n) is 5.29. The summed E-state index contributed by atoms with van der Waals surface area (Å²) in [6, 6.07) is -1.12. The maximum absolute atomic E-state index is 11.8. The summed E-state index contributed by atoms with van der Waals surface area (Å²) in [5.74, 6) is -2.55. The summed E-state index contributed by atoms with van der Waals surface area (Å²) in [5.41, 5.74) is 0. The van der Waals surface area contributed by atoms with Crippen LogP contribution in [-0.2, 0) is 57.0 Å². The third kappa shape index (κ3) is 38.1. The Morgan fingerprint density at radius 1 is 0.743 bits per heavy atom. The van der Waals surface area contributed by atoms with Crippen LogP contribution in [0.2, 0.25) is 0 Å². The van der Waals surface area contributed by atoms with E-state index in [0.29, 0.717) is 6.42 Å². The van der Waals surface area contributed by atoms with E-state index in [-0.39, 0.29) is 41.1 Å². The van der Waals surface area contributed by atoms with Gasteiger partial charge in [-0.05, 0) is 12.8 Å². The topological polar surface area (TPSA) is 161 Å². The number of unbranched alkanes of at least 4 members (excludes halogenated alkanes) is 14. The molecule has 5 N–H and O–H groups in total. The summed E-state index contributed by atoms with van der Waals surface area (Å²) < 4.78 is 24.0. The van der Waals surface area contributed by atoms with Crippen LogP contribution in [-0.4, -0.2) is 47.4 Å². The molecule has 0 aliphatic carbocycles. The van der Waals surface area contributed by atoms with Crippen molar-refractivity contribution in [2.45, 2.75) is 129 Å². The molecule has 35 heavy (non-hydrogen) atoms. The summed E-state index contributed by atoms with van der Waals surface area (Å²) in [4.78, 5) is 33.4. The van der Waals surface area contributed by atoms with Gasteiger partial charge in [0.05, 0.1) is 0 Å². The number of nitrogens with one attached hydrogen (secondary N) is 1. The average molecular weight is 636 g/mol. The molecule has 0 rings (SSSR count). The van der Waals surface area contributed by atoms with Crippen molar-refractivity contribution in [2.75, 3.05) is 0 Å². The average Bonchev–Trinajstić information content (AvgIpc) is 2.72. The molecule has 0 aromatic rings. The standard InChI is InChI=1S/C23H43NO5.Ag.H2O3S2/c1-2-3-4-5-6-7-8-9-10-11-12-13-14-15-16-17-21(25)24-20(23(28)29)18-19-22(26)27;;1-5(2,3)4/h20H,2-19H2,1H3,(H,24,25)(H,26,27)(H,28,29);;(H2,1,2,3,4)/t20-;;/m0../s1. The van der Waals surface area contributed by atoms with Gasteiger partial charge in [-0.1, -0.05) is 96.8 Å². The SMILES string of the molecule is CCCCCCCCCCCCCCCCCC(=O)N[C@@H](CCC(=O)O)C(=O)O.O=S(O)(O)=S.[Ag]. The molecule has 0 unspecified atom stereocenters. The van der Waals surface area contributed by atoms with E-state index in [1.54, 1.807) is 0 Å². The number of hydrogen-bond acceptors (Lipinski definition) is 5. The van der Waals surface area contributed by atoms with Crippen molar-refractivity contribution in [3.8, 4) is 0 Å². The molecule has 0 saturated heterocycles. The fourth-order valence-corrected chi connectivity index (χ4v) is 3.45. The molecule has 0 saturated carbocycles. The molecule has 0 fully saturated rings. The minimum atomic E-state index is -3.83. The van der Waals surface area contributed by atoms with Crippen LogP contribution in [0.1, 0.15) is 122 Å². The molecule has 1 amide bonds. The Bertz CT molecular complexity index is 639. The number of carboxylic acid groups (broad SMARTS) is 2. The van der Waals surface area contributed by atoms with Crippen molar-refractivity contribution in [3.05, 3.63) is 0 Å². The van der Waals surface area contributed by atoms with Gasteiger partial charge in [-0.2, -0.15) is 4.21 Å². The van der Waals surface area contributed by atoms with E-state index in [4.69, 9.17) is 23.5 Å². The first-order chi connectivity index (χ1) is 16.0. The van der Waals surface area contributed by atoms with Gasteiger partial charge in [0.15, 0.2) is 0 Å². The van der Waals surface area contributed by atoms with Crippen LogP contribution in [0.3, 0.4) is 0 Å². The molecule has 9 nitrogen and oxygen atoms in total. The Morgan fingerprint density at radius 2 is 1.09 bits per heavy atom. The zero-order valence-electron chi connectivity index (χ0n) is 20.8. The van der Waals surface area contributed by atoms with E-state index in [0.717, 1.165) is 19.3 Å². The maximum atomic E-state index is 11.8. The number of carbonyl (C=O) groups is 3. The van der Waals surface area contributed by atoms with Crippen molar-refractivity contribution in [1.82, 2.24) is 5.32 Å². The molecule has 0 spiro atoms. The molecule has 1 radical (unpaired) electrons. The molecule has 213 valence electrons. The maximum Gasteiger partial charge on any atom is 0.326 e. The van der Waals surface area contributed by atoms with Gasteiger partial charge in [-0.15, -0.1) is 0 Å². The number of aliphatic carboxylic acids is 2. The van der Waals surface area contributed by atoms with Crippen molar-refractivity contribution in [2.24, 2.45) is 0 Å². The van der Waals surface area contributed by atoms with Gasteiger partial charge in [0.2, 0.25) is 5.91 Å². The Hall–Kier alpha value is -0.560. The van der Waals surface area contributed by atoms with Crippen LogP contribution < -0.4 is 5.32 Å². The first-order valence-electron chi connectivity index (χ1n) is 12.4. The molecule has 0 aliphatic rings. The summed E-state index contributed by atoms with van der Waals surface area (Å²) in [6.07, 6.45) is 18.8. The zero-order chi connectivity index (χ0) is 26.2. The van der Waals surface area contributed by atoms with Crippen molar-refractivity contribution in [1.29, 1.82) is 0 Å². The Kier molecular flexibility index (Phi) is 29.5. The molecule has 0 aliphatic heterocycles. The van der Waals surface area contributed by atoms with E-state index < -0.39 is 27.0 Å². The molecule has 1 atom stereocenters. The summed E-state index contributed by atoms with van der Waals surface area (Å²) >= 11 is 3.47. The van der Waals surface area contributed by atoms with Crippen LogP contribution >= 0.6 is 0 Å². The Balaban J connectivity index is -0.00000154. The summed E-state index contributed by atoms with van der Waals surface area (Å²) in [6.45, 7) is 2.25. The van der Waals surface area contributed by atoms with Crippen LogP contribution in [0.4, 0.5) is 0 Å². The van der Waals surface area contributed by atoms with Crippen LogP contribution in [0.5, 0.6) is 0 Å². The van der Waals surface area contributed by atoms with Gasteiger partial charge in [0, 0.05) is 46.4 Å². The molecule has 0 aromatic carbocycles. The third-order valence-corrected chi connectivity index (χ3v) is 5.29. The van der Waals surface area contributed by atoms with Gasteiger partial charge in [-0.3, -0.25) is 18.7 Å². The second kappa shape index (κ2) is 26.5. The molecule has 0 bridgehead atoms. The van der Waals surface area contributed by atoms with Gasteiger partial charge in [0.25, 0.3) is 9.05 Å². The van der Waals surface area contributed by atoms with Crippen molar-refractivity contribution < 1.29 is 60.3 Å². The number of carboxylic acids is 2. The second-order valence-electron chi connectivity index (χ2n) is 8.54. The predicted molar refractivity (Wildman–Crippen MR) is 137 cm³/mol. The van der Waals surface area contributed by atoms with E-state index in [2.05, 4.69) is 23.4 Å². The summed E-state index contributed by atoms with van der Waals surface area (Å²) in [5, 5.41) is 20.1. The van der Waals surface area contributed by atoms with Crippen LogP contribution in [0.15, 0.2) is 0 Å². The first-order valence-corrected chi connectivity index (χ1v) is 14.8. The fraction of sp³-hybridized carbons (Fsp3) is 0.870.